The van der Waals surface area contributed by atoms with Gasteiger partial charge in [0.1, 0.15) is 0 Å². The molecule has 1 aromatic rings. The Morgan fingerprint density at radius 2 is 1.95 bits per heavy atom. The predicted octanol–water partition coefficient (Wildman–Crippen LogP) is -0.181. The number of carboxylic acid groups (broad SMARTS) is 1. The number of morpholine rings is 1. The van der Waals surface area contributed by atoms with E-state index in [9.17, 15) is 9.59 Å². The minimum Gasteiger partial charge on any atom is -0.481 e. The van der Waals surface area contributed by atoms with E-state index in [1.54, 1.807) is 18.4 Å². The summed E-state index contributed by atoms with van der Waals surface area (Å²) in [6, 6.07) is 0. The number of carboxylic acids is 1. The summed E-state index contributed by atoms with van der Waals surface area (Å²) in [6.07, 6.45) is -0.109. The molecule has 0 aromatic carbocycles. The standard InChI is InChI=1S/C14H21N3O4/c1-10-12(9-13(18)19)11(2)17(14(20)15-10)4-3-16-5-7-21-8-6-16/h3-9H2,1-2H3,(H,18,19). The molecule has 2 heterocycles. The lowest BCUT2D eigenvalue weighted by Gasteiger charge is -2.27. The van der Waals surface area contributed by atoms with E-state index in [1.165, 1.54) is 0 Å². The number of ether oxygens (including phenoxy) is 1. The first kappa shape index (κ1) is 15.7. The molecule has 1 aliphatic rings. The lowest BCUT2D eigenvalue weighted by atomic mass is 10.1. The molecule has 0 unspecified atom stereocenters. The normalized spacial score (nSPS) is 16.1. The maximum absolute atomic E-state index is 12.0. The zero-order chi connectivity index (χ0) is 15.4. The van der Waals surface area contributed by atoms with Gasteiger partial charge in [-0.2, -0.15) is 4.98 Å². The van der Waals surface area contributed by atoms with Crippen LogP contribution in [0.2, 0.25) is 0 Å². The summed E-state index contributed by atoms with van der Waals surface area (Å²) in [6.45, 7) is 7.86. The van der Waals surface area contributed by atoms with E-state index in [2.05, 4.69) is 9.88 Å². The summed E-state index contributed by atoms with van der Waals surface area (Å²) in [7, 11) is 0. The third-order valence-electron chi connectivity index (χ3n) is 3.84. The van der Waals surface area contributed by atoms with Gasteiger partial charge in [-0.3, -0.25) is 14.3 Å². The number of aromatic nitrogens is 2. The fourth-order valence-electron chi connectivity index (χ4n) is 2.58. The van der Waals surface area contributed by atoms with Crippen molar-refractivity contribution >= 4 is 5.97 Å². The van der Waals surface area contributed by atoms with Crippen molar-refractivity contribution in [2.75, 3.05) is 32.8 Å². The van der Waals surface area contributed by atoms with Crippen molar-refractivity contribution < 1.29 is 14.6 Å². The van der Waals surface area contributed by atoms with Crippen molar-refractivity contribution in [3.05, 3.63) is 27.4 Å². The van der Waals surface area contributed by atoms with Gasteiger partial charge in [0.25, 0.3) is 0 Å². The number of rotatable bonds is 5. The molecule has 7 nitrogen and oxygen atoms in total. The predicted molar refractivity (Wildman–Crippen MR) is 76.6 cm³/mol. The Balaban J connectivity index is 2.17. The molecule has 0 atom stereocenters. The molecule has 1 aliphatic heterocycles. The Hall–Kier alpha value is -1.73. The maximum atomic E-state index is 12.0. The summed E-state index contributed by atoms with van der Waals surface area (Å²) >= 11 is 0. The molecule has 0 spiro atoms. The second-order valence-corrected chi connectivity index (χ2v) is 5.22. The number of carbonyl (C=O) groups is 1. The van der Waals surface area contributed by atoms with Crippen LogP contribution < -0.4 is 5.69 Å². The third kappa shape index (κ3) is 3.89. The van der Waals surface area contributed by atoms with Gasteiger partial charge in [-0.15, -0.1) is 0 Å². The van der Waals surface area contributed by atoms with Gasteiger partial charge in [0, 0.05) is 43.1 Å². The zero-order valence-electron chi connectivity index (χ0n) is 12.5. The number of hydrogen-bond acceptors (Lipinski definition) is 5. The van der Waals surface area contributed by atoms with Crippen LogP contribution in [-0.4, -0.2) is 58.4 Å². The molecule has 0 bridgehead atoms. The summed E-state index contributed by atoms with van der Waals surface area (Å²) in [5.74, 6) is -0.915. The molecule has 0 radical (unpaired) electrons. The quantitative estimate of drug-likeness (QED) is 0.811. The van der Waals surface area contributed by atoms with E-state index < -0.39 is 5.97 Å². The molecule has 2 rings (SSSR count). The second-order valence-electron chi connectivity index (χ2n) is 5.22. The molecule has 1 saturated heterocycles. The van der Waals surface area contributed by atoms with Crippen LogP contribution in [-0.2, 0) is 22.5 Å². The van der Waals surface area contributed by atoms with Crippen molar-refractivity contribution in [1.29, 1.82) is 0 Å². The number of aryl methyl sites for hydroxylation is 1. The summed E-state index contributed by atoms with van der Waals surface area (Å²) in [5.41, 5.74) is 1.52. The highest BCUT2D eigenvalue weighted by Gasteiger charge is 2.16. The molecule has 21 heavy (non-hydrogen) atoms. The lowest BCUT2D eigenvalue weighted by molar-refractivity contribution is -0.136. The van der Waals surface area contributed by atoms with E-state index >= 15 is 0 Å². The molecule has 0 amide bonds. The SMILES string of the molecule is Cc1nc(=O)n(CCN2CCOCC2)c(C)c1CC(=O)O. The topological polar surface area (TPSA) is 84.7 Å². The van der Waals surface area contributed by atoms with Gasteiger partial charge in [0.05, 0.1) is 19.6 Å². The van der Waals surface area contributed by atoms with Gasteiger partial charge in [-0.25, -0.2) is 4.79 Å². The van der Waals surface area contributed by atoms with Crippen LogP contribution in [0.4, 0.5) is 0 Å². The molecule has 0 aliphatic carbocycles. The highest BCUT2D eigenvalue weighted by Crippen LogP contribution is 2.10. The van der Waals surface area contributed by atoms with E-state index in [1.807, 2.05) is 0 Å². The van der Waals surface area contributed by atoms with Crippen molar-refractivity contribution in [3.63, 3.8) is 0 Å². The average Bonchev–Trinajstić information content (AvgIpc) is 2.44. The molecular formula is C14H21N3O4. The smallest absolute Gasteiger partial charge is 0.348 e. The fraction of sp³-hybridized carbons (Fsp3) is 0.643. The summed E-state index contributed by atoms with van der Waals surface area (Å²) < 4.78 is 6.86. The first-order valence-electron chi connectivity index (χ1n) is 7.08. The molecular weight excluding hydrogens is 274 g/mol. The Labute approximate surface area is 123 Å². The Morgan fingerprint density at radius 1 is 1.29 bits per heavy atom. The van der Waals surface area contributed by atoms with Gasteiger partial charge in [-0.1, -0.05) is 0 Å². The van der Waals surface area contributed by atoms with Crippen LogP contribution in [0.3, 0.4) is 0 Å². The Kier molecular flexibility index (Phi) is 5.08. The highest BCUT2D eigenvalue weighted by atomic mass is 16.5. The monoisotopic (exact) mass is 295 g/mol. The van der Waals surface area contributed by atoms with Gasteiger partial charge in [-0.05, 0) is 13.8 Å². The molecule has 0 saturated carbocycles. The number of aliphatic carboxylic acids is 1. The maximum Gasteiger partial charge on any atom is 0.348 e. The van der Waals surface area contributed by atoms with Crippen LogP contribution in [0.25, 0.3) is 0 Å². The van der Waals surface area contributed by atoms with Crippen molar-refractivity contribution in [2.24, 2.45) is 0 Å². The van der Waals surface area contributed by atoms with Crippen LogP contribution in [0.5, 0.6) is 0 Å². The van der Waals surface area contributed by atoms with Crippen LogP contribution >= 0.6 is 0 Å². The van der Waals surface area contributed by atoms with Gasteiger partial charge in [0.2, 0.25) is 0 Å². The van der Waals surface area contributed by atoms with Gasteiger partial charge in [0.15, 0.2) is 0 Å². The second kappa shape index (κ2) is 6.82. The average molecular weight is 295 g/mol. The Morgan fingerprint density at radius 3 is 2.57 bits per heavy atom. The van der Waals surface area contributed by atoms with E-state index in [4.69, 9.17) is 9.84 Å². The minimum atomic E-state index is -0.915. The first-order valence-corrected chi connectivity index (χ1v) is 7.08. The molecule has 1 fully saturated rings. The first-order chi connectivity index (χ1) is 9.99. The van der Waals surface area contributed by atoms with Crippen molar-refractivity contribution in [1.82, 2.24) is 14.5 Å². The van der Waals surface area contributed by atoms with E-state index in [0.717, 1.165) is 19.6 Å². The summed E-state index contributed by atoms with van der Waals surface area (Å²) in [5, 5.41) is 8.97. The highest BCUT2D eigenvalue weighted by molar-refractivity contribution is 5.70. The molecule has 7 heteroatoms. The van der Waals surface area contributed by atoms with E-state index in [0.29, 0.717) is 36.7 Å². The van der Waals surface area contributed by atoms with Crippen LogP contribution in [0.1, 0.15) is 17.0 Å². The molecule has 1 N–H and O–H groups in total. The Bertz CT molecular complexity index is 576. The number of hydrogen-bond donors (Lipinski definition) is 1. The van der Waals surface area contributed by atoms with Crippen LogP contribution in [0, 0.1) is 13.8 Å². The van der Waals surface area contributed by atoms with Crippen molar-refractivity contribution in [2.45, 2.75) is 26.8 Å². The molecule has 116 valence electrons. The third-order valence-corrected chi connectivity index (χ3v) is 3.84. The molecule has 1 aromatic heterocycles. The zero-order valence-corrected chi connectivity index (χ0v) is 12.5. The summed E-state index contributed by atoms with van der Waals surface area (Å²) in [4.78, 5) is 29.2. The lowest BCUT2D eigenvalue weighted by Crippen LogP contribution is -2.40. The van der Waals surface area contributed by atoms with E-state index in [-0.39, 0.29) is 12.1 Å². The van der Waals surface area contributed by atoms with Crippen molar-refractivity contribution in [3.8, 4) is 0 Å². The van der Waals surface area contributed by atoms with Gasteiger partial charge >= 0.3 is 11.7 Å². The fourth-order valence-corrected chi connectivity index (χ4v) is 2.58. The number of nitrogens with zero attached hydrogens (tertiary/aromatic N) is 3. The largest absolute Gasteiger partial charge is 0.481 e. The minimum absolute atomic E-state index is 0.109. The van der Waals surface area contributed by atoms with Crippen LogP contribution in [0.15, 0.2) is 4.79 Å². The van der Waals surface area contributed by atoms with Gasteiger partial charge < -0.3 is 9.84 Å².